The number of rotatable bonds is 6. The predicted octanol–water partition coefficient (Wildman–Crippen LogP) is 4.25. The summed E-state index contributed by atoms with van der Waals surface area (Å²) in [6.45, 7) is 1.86. The number of halogens is 3. The standard InChI is InChI=1S/C19H14ClF2N5O2/c1-2-14(27-29-19-17(20)23-8-9-24-19)11-6-7-15(25-10-11)26-18(28)16-12(21)4-3-5-13(16)22/h3-10H,2H2,1H3,(H,25,26,28)/b27-14+. The number of anilines is 1. The summed E-state index contributed by atoms with van der Waals surface area (Å²) in [6, 6.07) is 6.29. The second-order valence-corrected chi connectivity index (χ2v) is 5.98. The first kappa shape index (κ1) is 20.3. The second-order valence-electron chi connectivity index (χ2n) is 5.62. The third kappa shape index (κ3) is 4.88. The Bertz CT molecular complexity index is 1040. The summed E-state index contributed by atoms with van der Waals surface area (Å²) in [7, 11) is 0. The van der Waals surface area contributed by atoms with Crippen molar-refractivity contribution in [2.24, 2.45) is 5.16 Å². The Kier molecular flexibility index (Phi) is 6.40. The van der Waals surface area contributed by atoms with Crippen LogP contribution >= 0.6 is 11.6 Å². The summed E-state index contributed by atoms with van der Waals surface area (Å²) in [5.74, 6) is -2.68. The molecule has 0 fully saturated rings. The lowest BCUT2D eigenvalue weighted by Crippen LogP contribution is -2.16. The van der Waals surface area contributed by atoms with E-state index in [0.29, 0.717) is 17.7 Å². The van der Waals surface area contributed by atoms with Gasteiger partial charge in [0.2, 0.25) is 0 Å². The first-order valence-electron chi connectivity index (χ1n) is 8.41. The Balaban J connectivity index is 1.74. The van der Waals surface area contributed by atoms with Crippen LogP contribution in [0.2, 0.25) is 5.15 Å². The van der Waals surface area contributed by atoms with E-state index in [-0.39, 0.29) is 16.9 Å². The third-order valence-electron chi connectivity index (χ3n) is 3.73. The van der Waals surface area contributed by atoms with Crippen LogP contribution in [0.4, 0.5) is 14.6 Å². The average molecular weight is 418 g/mol. The van der Waals surface area contributed by atoms with Crippen LogP contribution in [0.15, 0.2) is 54.1 Å². The first-order chi connectivity index (χ1) is 14.0. The summed E-state index contributed by atoms with van der Waals surface area (Å²) in [5, 5.41) is 6.43. The fourth-order valence-corrected chi connectivity index (χ4v) is 2.46. The Labute approximate surface area is 169 Å². The minimum absolute atomic E-state index is 0.0591. The number of hydrogen-bond donors (Lipinski definition) is 1. The third-order valence-corrected chi connectivity index (χ3v) is 3.99. The number of hydrogen-bond acceptors (Lipinski definition) is 6. The maximum Gasteiger partial charge on any atom is 0.286 e. The van der Waals surface area contributed by atoms with Gasteiger partial charge in [0.05, 0.1) is 5.71 Å². The molecule has 0 atom stereocenters. The van der Waals surface area contributed by atoms with E-state index in [1.807, 2.05) is 6.92 Å². The highest BCUT2D eigenvalue weighted by atomic mass is 35.5. The number of amides is 1. The maximum atomic E-state index is 13.7. The molecule has 0 bridgehead atoms. The Morgan fingerprint density at radius 3 is 2.48 bits per heavy atom. The van der Waals surface area contributed by atoms with Crippen molar-refractivity contribution in [2.75, 3.05) is 5.32 Å². The largest absolute Gasteiger partial charge is 0.333 e. The van der Waals surface area contributed by atoms with Crippen LogP contribution in [0.1, 0.15) is 29.3 Å². The highest BCUT2D eigenvalue weighted by Crippen LogP contribution is 2.18. The van der Waals surface area contributed by atoms with Crippen LogP contribution < -0.4 is 10.2 Å². The summed E-state index contributed by atoms with van der Waals surface area (Å²) in [6.07, 6.45) is 4.78. The van der Waals surface area contributed by atoms with Crippen molar-refractivity contribution in [3.8, 4) is 5.88 Å². The van der Waals surface area contributed by atoms with Gasteiger partial charge >= 0.3 is 0 Å². The number of oxime groups is 1. The minimum Gasteiger partial charge on any atom is -0.333 e. The van der Waals surface area contributed by atoms with Crippen LogP contribution in [0.5, 0.6) is 5.88 Å². The average Bonchev–Trinajstić information content (AvgIpc) is 2.70. The lowest BCUT2D eigenvalue weighted by Gasteiger charge is -2.08. The molecular weight excluding hydrogens is 404 g/mol. The first-order valence-corrected chi connectivity index (χ1v) is 8.79. The Hall–Kier alpha value is -3.46. The molecule has 2 heterocycles. The van der Waals surface area contributed by atoms with Crippen molar-refractivity contribution in [3.05, 3.63) is 76.8 Å². The Morgan fingerprint density at radius 2 is 1.86 bits per heavy atom. The van der Waals surface area contributed by atoms with Crippen LogP contribution in [0.3, 0.4) is 0 Å². The molecule has 148 valence electrons. The van der Waals surface area contributed by atoms with E-state index in [0.717, 1.165) is 12.1 Å². The van der Waals surface area contributed by atoms with E-state index in [9.17, 15) is 13.6 Å². The van der Waals surface area contributed by atoms with Gasteiger partial charge in [-0.05, 0) is 30.7 Å². The molecule has 1 N–H and O–H groups in total. The summed E-state index contributed by atoms with van der Waals surface area (Å²) in [5.41, 5.74) is 0.475. The number of pyridine rings is 1. The highest BCUT2D eigenvalue weighted by molar-refractivity contribution is 6.30. The zero-order chi connectivity index (χ0) is 20.8. The molecule has 10 heteroatoms. The molecule has 0 saturated carbocycles. The quantitative estimate of drug-likeness (QED) is 0.478. The van der Waals surface area contributed by atoms with E-state index in [1.165, 1.54) is 30.7 Å². The van der Waals surface area contributed by atoms with E-state index < -0.39 is 23.1 Å². The molecule has 0 saturated heterocycles. The van der Waals surface area contributed by atoms with Gasteiger partial charge in [-0.2, -0.15) is 0 Å². The van der Waals surface area contributed by atoms with E-state index in [1.54, 1.807) is 6.07 Å². The van der Waals surface area contributed by atoms with Gasteiger partial charge in [0.15, 0.2) is 5.15 Å². The number of carbonyl (C=O) groups is 1. The zero-order valence-electron chi connectivity index (χ0n) is 15.1. The van der Waals surface area contributed by atoms with Crippen LogP contribution in [-0.2, 0) is 0 Å². The molecule has 0 aliphatic heterocycles. The summed E-state index contributed by atoms with van der Waals surface area (Å²) >= 11 is 5.87. The van der Waals surface area contributed by atoms with Crippen molar-refractivity contribution in [3.63, 3.8) is 0 Å². The van der Waals surface area contributed by atoms with Gasteiger partial charge in [-0.3, -0.25) is 4.79 Å². The van der Waals surface area contributed by atoms with Crippen molar-refractivity contribution >= 4 is 29.0 Å². The molecule has 0 radical (unpaired) electrons. The molecule has 1 amide bonds. The number of nitrogens with zero attached hydrogens (tertiary/aromatic N) is 4. The Morgan fingerprint density at radius 1 is 1.14 bits per heavy atom. The fourth-order valence-electron chi connectivity index (χ4n) is 2.32. The van der Waals surface area contributed by atoms with Crippen molar-refractivity contribution in [1.82, 2.24) is 15.0 Å². The lowest BCUT2D eigenvalue weighted by molar-refractivity contribution is 0.101. The van der Waals surface area contributed by atoms with Gasteiger partial charge in [-0.1, -0.05) is 29.7 Å². The zero-order valence-corrected chi connectivity index (χ0v) is 15.8. The number of aromatic nitrogens is 3. The predicted molar refractivity (Wildman–Crippen MR) is 103 cm³/mol. The number of benzene rings is 1. The van der Waals surface area contributed by atoms with E-state index >= 15 is 0 Å². The summed E-state index contributed by atoms with van der Waals surface area (Å²) in [4.78, 5) is 29.2. The molecule has 1 aromatic carbocycles. The maximum absolute atomic E-state index is 13.7. The molecule has 29 heavy (non-hydrogen) atoms. The van der Waals surface area contributed by atoms with E-state index in [2.05, 4.69) is 25.4 Å². The van der Waals surface area contributed by atoms with Gasteiger partial charge in [-0.15, -0.1) is 0 Å². The molecule has 2 aromatic heterocycles. The molecular formula is C19H14ClF2N5O2. The van der Waals surface area contributed by atoms with E-state index in [4.69, 9.17) is 16.4 Å². The van der Waals surface area contributed by atoms with Crippen LogP contribution in [-0.4, -0.2) is 26.6 Å². The van der Waals surface area contributed by atoms with Crippen molar-refractivity contribution in [2.45, 2.75) is 13.3 Å². The lowest BCUT2D eigenvalue weighted by atomic mass is 10.1. The second kappa shape index (κ2) is 9.16. The van der Waals surface area contributed by atoms with Crippen LogP contribution in [0, 0.1) is 11.6 Å². The molecule has 3 rings (SSSR count). The minimum atomic E-state index is -0.959. The fraction of sp³-hybridized carbons (Fsp3) is 0.105. The van der Waals surface area contributed by atoms with Crippen molar-refractivity contribution in [1.29, 1.82) is 0 Å². The normalized spacial score (nSPS) is 11.2. The van der Waals surface area contributed by atoms with Crippen LogP contribution in [0.25, 0.3) is 0 Å². The number of nitrogens with one attached hydrogen (secondary N) is 1. The van der Waals surface area contributed by atoms with Gasteiger partial charge in [-0.25, -0.2) is 23.7 Å². The molecule has 0 spiro atoms. The molecule has 0 aliphatic rings. The van der Waals surface area contributed by atoms with Gasteiger partial charge < -0.3 is 10.2 Å². The van der Waals surface area contributed by atoms with Gasteiger partial charge in [0.25, 0.3) is 11.8 Å². The SMILES string of the molecule is CC/C(=N\Oc1nccnc1Cl)c1ccc(NC(=O)c2c(F)cccc2F)nc1. The smallest absolute Gasteiger partial charge is 0.286 e. The number of carbonyl (C=O) groups excluding carboxylic acids is 1. The molecule has 0 unspecified atom stereocenters. The van der Waals surface area contributed by atoms with Crippen molar-refractivity contribution < 1.29 is 18.4 Å². The monoisotopic (exact) mass is 417 g/mol. The molecule has 3 aromatic rings. The molecule has 0 aliphatic carbocycles. The highest BCUT2D eigenvalue weighted by Gasteiger charge is 2.17. The topological polar surface area (TPSA) is 89.4 Å². The van der Waals surface area contributed by atoms with Gasteiger partial charge in [0, 0.05) is 24.2 Å². The molecule has 7 nitrogen and oxygen atoms in total. The van der Waals surface area contributed by atoms with Gasteiger partial charge in [0.1, 0.15) is 23.0 Å². The summed E-state index contributed by atoms with van der Waals surface area (Å²) < 4.78 is 27.4.